The Morgan fingerprint density at radius 2 is 2.08 bits per heavy atom. The largest absolute Gasteiger partial charge is 0.497 e. The van der Waals surface area contributed by atoms with Crippen LogP contribution in [0.25, 0.3) is 0 Å². The number of hydrogen-bond acceptors (Lipinski definition) is 3. The second-order valence-electron chi connectivity index (χ2n) is 3.09. The molecular weight excluding hydrogens is 164 g/mol. The van der Waals surface area contributed by atoms with E-state index >= 15 is 0 Å². The quantitative estimate of drug-likeness (QED) is 0.760. The standard InChI is InChI=1S/C10H16N2O/c1-12(2)10-5-4-9(13-3)6-8(10)7-11/h4-6H,7,11H2,1-3H3. The molecule has 0 aliphatic rings. The molecule has 0 spiro atoms. The average molecular weight is 180 g/mol. The zero-order chi connectivity index (χ0) is 9.84. The second-order valence-corrected chi connectivity index (χ2v) is 3.09. The van der Waals surface area contributed by atoms with Crippen LogP contribution in [0.4, 0.5) is 5.69 Å². The van der Waals surface area contributed by atoms with Crippen molar-refractivity contribution in [1.82, 2.24) is 0 Å². The van der Waals surface area contributed by atoms with Gasteiger partial charge in [-0.15, -0.1) is 0 Å². The molecule has 1 rings (SSSR count). The first-order valence-electron chi connectivity index (χ1n) is 4.23. The number of methoxy groups -OCH3 is 1. The first-order chi connectivity index (χ1) is 6.19. The van der Waals surface area contributed by atoms with Crippen LogP contribution in [0, 0.1) is 0 Å². The van der Waals surface area contributed by atoms with Gasteiger partial charge in [-0.3, -0.25) is 0 Å². The molecule has 13 heavy (non-hydrogen) atoms. The van der Waals surface area contributed by atoms with Crippen LogP contribution in [0.2, 0.25) is 0 Å². The van der Waals surface area contributed by atoms with Crippen molar-refractivity contribution in [2.45, 2.75) is 6.54 Å². The minimum atomic E-state index is 0.532. The molecule has 1 aromatic rings. The molecular formula is C10H16N2O. The van der Waals surface area contributed by atoms with Crippen molar-refractivity contribution in [1.29, 1.82) is 0 Å². The number of anilines is 1. The molecule has 0 fully saturated rings. The van der Waals surface area contributed by atoms with Crippen molar-refractivity contribution in [2.75, 3.05) is 26.1 Å². The lowest BCUT2D eigenvalue weighted by atomic mass is 10.1. The van der Waals surface area contributed by atoms with Gasteiger partial charge < -0.3 is 15.4 Å². The van der Waals surface area contributed by atoms with Crippen molar-refractivity contribution >= 4 is 5.69 Å². The molecule has 0 aliphatic heterocycles. The second kappa shape index (κ2) is 4.14. The first kappa shape index (κ1) is 9.86. The summed E-state index contributed by atoms with van der Waals surface area (Å²) in [6.45, 7) is 0.532. The zero-order valence-corrected chi connectivity index (χ0v) is 8.37. The summed E-state index contributed by atoms with van der Waals surface area (Å²) in [5.74, 6) is 0.853. The lowest BCUT2D eigenvalue weighted by molar-refractivity contribution is 0.414. The molecule has 0 unspecified atom stereocenters. The van der Waals surface area contributed by atoms with Gasteiger partial charge in [0.2, 0.25) is 0 Å². The molecule has 3 nitrogen and oxygen atoms in total. The third kappa shape index (κ3) is 2.12. The van der Waals surface area contributed by atoms with Gasteiger partial charge in [-0.1, -0.05) is 0 Å². The molecule has 1 aromatic carbocycles. The smallest absolute Gasteiger partial charge is 0.119 e. The van der Waals surface area contributed by atoms with E-state index < -0.39 is 0 Å². The fourth-order valence-electron chi connectivity index (χ4n) is 1.29. The predicted octanol–water partition coefficient (Wildman–Crippen LogP) is 1.22. The number of nitrogens with zero attached hydrogens (tertiary/aromatic N) is 1. The van der Waals surface area contributed by atoms with Gasteiger partial charge in [0.15, 0.2) is 0 Å². The molecule has 0 heterocycles. The summed E-state index contributed by atoms with van der Waals surface area (Å²) < 4.78 is 5.12. The van der Waals surface area contributed by atoms with E-state index in [9.17, 15) is 0 Å². The van der Waals surface area contributed by atoms with Gasteiger partial charge in [-0.2, -0.15) is 0 Å². The van der Waals surface area contributed by atoms with Crippen LogP contribution >= 0.6 is 0 Å². The molecule has 0 bridgehead atoms. The summed E-state index contributed by atoms with van der Waals surface area (Å²) in [4.78, 5) is 2.04. The van der Waals surface area contributed by atoms with Gasteiger partial charge >= 0.3 is 0 Å². The van der Waals surface area contributed by atoms with E-state index in [0.29, 0.717) is 6.54 Å². The monoisotopic (exact) mass is 180 g/mol. The first-order valence-corrected chi connectivity index (χ1v) is 4.23. The van der Waals surface area contributed by atoms with Crippen LogP contribution in [-0.2, 0) is 6.54 Å². The summed E-state index contributed by atoms with van der Waals surface area (Å²) >= 11 is 0. The maximum atomic E-state index is 5.63. The fraction of sp³-hybridized carbons (Fsp3) is 0.400. The third-order valence-corrected chi connectivity index (χ3v) is 1.99. The SMILES string of the molecule is COc1ccc(N(C)C)c(CN)c1. The summed E-state index contributed by atoms with van der Waals surface area (Å²) in [5.41, 5.74) is 7.87. The highest BCUT2D eigenvalue weighted by Gasteiger charge is 2.03. The van der Waals surface area contributed by atoms with Gasteiger partial charge in [0.05, 0.1) is 7.11 Å². The Hall–Kier alpha value is -1.22. The van der Waals surface area contributed by atoms with Gasteiger partial charge in [0.25, 0.3) is 0 Å². The maximum Gasteiger partial charge on any atom is 0.119 e. The Kier molecular flexibility index (Phi) is 3.14. The maximum absolute atomic E-state index is 5.63. The van der Waals surface area contributed by atoms with E-state index in [4.69, 9.17) is 10.5 Å². The Labute approximate surface area is 79.1 Å². The number of ether oxygens (including phenoxy) is 1. The number of hydrogen-bond donors (Lipinski definition) is 1. The molecule has 0 atom stereocenters. The molecule has 0 saturated carbocycles. The summed E-state index contributed by atoms with van der Waals surface area (Å²) in [6.07, 6.45) is 0. The molecule has 0 radical (unpaired) electrons. The Morgan fingerprint density at radius 1 is 1.38 bits per heavy atom. The van der Waals surface area contributed by atoms with E-state index in [0.717, 1.165) is 17.0 Å². The topological polar surface area (TPSA) is 38.5 Å². The molecule has 72 valence electrons. The van der Waals surface area contributed by atoms with Gasteiger partial charge in [-0.05, 0) is 23.8 Å². The van der Waals surface area contributed by atoms with Crippen LogP contribution in [0.3, 0.4) is 0 Å². The van der Waals surface area contributed by atoms with Crippen molar-refractivity contribution in [3.63, 3.8) is 0 Å². The molecule has 0 saturated heterocycles. The Balaban J connectivity index is 3.08. The number of nitrogens with two attached hydrogens (primary N) is 1. The van der Waals surface area contributed by atoms with E-state index in [2.05, 4.69) is 0 Å². The van der Waals surface area contributed by atoms with Crippen LogP contribution in [0.15, 0.2) is 18.2 Å². The average Bonchev–Trinajstić information content (AvgIpc) is 2.16. The molecule has 0 aromatic heterocycles. The highest BCUT2D eigenvalue weighted by Crippen LogP contribution is 2.23. The Bertz CT molecular complexity index is 284. The number of rotatable bonds is 3. The summed E-state index contributed by atoms with van der Waals surface area (Å²) in [6, 6.07) is 5.92. The van der Waals surface area contributed by atoms with Gasteiger partial charge in [0.1, 0.15) is 5.75 Å². The minimum absolute atomic E-state index is 0.532. The van der Waals surface area contributed by atoms with E-state index in [-0.39, 0.29) is 0 Å². The van der Waals surface area contributed by atoms with Gasteiger partial charge in [0, 0.05) is 26.3 Å². The van der Waals surface area contributed by atoms with E-state index in [1.165, 1.54) is 0 Å². The lowest BCUT2D eigenvalue weighted by Gasteiger charge is -2.17. The summed E-state index contributed by atoms with van der Waals surface area (Å²) in [7, 11) is 5.66. The van der Waals surface area contributed by atoms with Crippen molar-refractivity contribution < 1.29 is 4.74 Å². The van der Waals surface area contributed by atoms with Crippen LogP contribution in [0.5, 0.6) is 5.75 Å². The molecule has 3 heteroatoms. The van der Waals surface area contributed by atoms with Gasteiger partial charge in [-0.25, -0.2) is 0 Å². The molecule has 0 aliphatic carbocycles. The fourth-order valence-corrected chi connectivity index (χ4v) is 1.29. The van der Waals surface area contributed by atoms with Crippen molar-refractivity contribution in [2.24, 2.45) is 5.73 Å². The highest BCUT2D eigenvalue weighted by atomic mass is 16.5. The minimum Gasteiger partial charge on any atom is -0.497 e. The predicted molar refractivity (Wildman–Crippen MR) is 55.2 cm³/mol. The third-order valence-electron chi connectivity index (χ3n) is 1.99. The lowest BCUT2D eigenvalue weighted by Crippen LogP contribution is -2.13. The van der Waals surface area contributed by atoms with E-state index in [1.54, 1.807) is 7.11 Å². The Morgan fingerprint density at radius 3 is 2.54 bits per heavy atom. The molecule has 0 amide bonds. The van der Waals surface area contributed by atoms with Crippen LogP contribution in [0.1, 0.15) is 5.56 Å². The van der Waals surface area contributed by atoms with Crippen molar-refractivity contribution in [3.05, 3.63) is 23.8 Å². The highest BCUT2D eigenvalue weighted by molar-refractivity contribution is 5.55. The number of benzene rings is 1. The normalized spacial score (nSPS) is 9.85. The zero-order valence-electron chi connectivity index (χ0n) is 8.37. The van der Waals surface area contributed by atoms with E-state index in [1.807, 2.05) is 37.2 Å². The van der Waals surface area contributed by atoms with Crippen molar-refractivity contribution in [3.8, 4) is 5.75 Å². The van der Waals surface area contributed by atoms with Crippen LogP contribution < -0.4 is 15.4 Å². The summed E-state index contributed by atoms with van der Waals surface area (Å²) in [5, 5.41) is 0. The van der Waals surface area contributed by atoms with Crippen LogP contribution in [-0.4, -0.2) is 21.2 Å². The molecule has 2 N–H and O–H groups in total.